The quantitative estimate of drug-likeness (QED) is 0.195. The average molecular weight is 545 g/mol. The number of methoxy groups -OCH3 is 1. The first kappa shape index (κ1) is 28.4. The minimum atomic E-state index is -0.634. The molecule has 1 heterocycles. The highest BCUT2D eigenvalue weighted by Gasteiger charge is 2.36. The Kier molecular flexibility index (Phi) is 9.76. The van der Waals surface area contributed by atoms with Gasteiger partial charge in [0.25, 0.3) is 0 Å². The third-order valence-electron chi connectivity index (χ3n) is 6.93. The van der Waals surface area contributed by atoms with Crippen LogP contribution in [-0.2, 0) is 16.1 Å². The van der Waals surface area contributed by atoms with Gasteiger partial charge in [0.05, 0.1) is 12.9 Å². The van der Waals surface area contributed by atoms with Gasteiger partial charge in [-0.15, -0.1) is 0 Å². The normalized spacial score (nSPS) is 15.4. The molecular weight excluding hydrogens is 508 g/mol. The van der Waals surface area contributed by atoms with Crippen LogP contribution in [0.2, 0.25) is 0 Å². The first-order valence-electron chi connectivity index (χ1n) is 13.2. The second-order valence-corrected chi connectivity index (χ2v) is 10.8. The number of carbonyl (C=O) groups is 2. The lowest BCUT2D eigenvalue weighted by Crippen LogP contribution is -2.52. The molecule has 4 rings (SSSR count). The average Bonchev–Trinajstić information content (AvgIpc) is 2.93. The lowest BCUT2D eigenvalue weighted by atomic mass is 9.85. The maximum atomic E-state index is 14.0. The first-order chi connectivity index (χ1) is 18.8. The molecule has 1 N–H and O–H groups in total. The van der Waals surface area contributed by atoms with Gasteiger partial charge in [-0.2, -0.15) is 0 Å². The zero-order valence-electron chi connectivity index (χ0n) is 23.0. The van der Waals surface area contributed by atoms with Gasteiger partial charge in [0, 0.05) is 23.6 Å². The van der Waals surface area contributed by atoms with E-state index in [9.17, 15) is 9.59 Å². The van der Waals surface area contributed by atoms with Gasteiger partial charge < -0.3 is 15.0 Å². The van der Waals surface area contributed by atoms with Gasteiger partial charge in [-0.05, 0) is 87.4 Å². The maximum Gasteiger partial charge on any atom is 0.247 e. The molecule has 0 radical (unpaired) electrons. The molecule has 8 heteroatoms. The van der Waals surface area contributed by atoms with E-state index in [1.54, 1.807) is 12.0 Å². The minimum Gasteiger partial charge on any atom is -0.497 e. The minimum absolute atomic E-state index is 0.00341. The van der Waals surface area contributed by atoms with E-state index in [0.717, 1.165) is 41.8 Å². The van der Waals surface area contributed by atoms with Crippen LogP contribution < -0.4 is 10.1 Å². The summed E-state index contributed by atoms with van der Waals surface area (Å²) >= 11 is 1.31. The van der Waals surface area contributed by atoms with Crippen molar-refractivity contribution >= 4 is 29.3 Å². The number of ether oxygens (including phenoxy) is 1. The molecule has 1 aliphatic carbocycles. The molecule has 3 aromatic rings. The summed E-state index contributed by atoms with van der Waals surface area (Å²) in [5.41, 5.74) is 4.49. The second kappa shape index (κ2) is 13.4. The first-order valence-corrected chi connectivity index (χ1v) is 14.2. The summed E-state index contributed by atoms with van der Waals surface area (Å²) in [5.74, 6) is 0.557. The topological polar surface area (TPSA) is 84.4 Å². The van der Waals surface area contributed by atoms with E-state index in [2.05, 4.69) is 27.4 Å². The van der Waals surface area contributed by atoms with Crippen molar-refractivity contribution in [2.45, 2.75) is 57.8 Å². The fourth-order valence-electron chi connectivity index (χ4n) is 4.88. The molecule has 0 spiro atoms. The van der Waals surface area contributed by atoms with Crippen LogP contribution in [0.5, 0.6) is 5.75 Å². The van der Waals surface area contributed by atoms with Crippen molar-refractivity contribution in [3.8, 4) is 5.75 Å². The SMILES string of the molecule is COc1ccc(NC(=O)[C@@H]([C@H]2CC=CCC2)N(Cc2ccccc2C)C(=O)CSc2nc(C)cc(C)n2)cc1. The second-order valence-electron chi connectivity index (χ2n) is 9.88. The van der Waals surface area contributed by atoms with Crippen LogP contribution in [0.4, 0.5) is 5.69 Å². The third-order valence-corrected chi connectivity index (χ3v) is 7.76. The zero-order valence-corrected chi connectivity index (χ0v) is 23.8. The van der Waals surface area contributed by atoms with E-state index < -0.39 is 6.04 Å². The fraction of sp³-hybridized carbons (Fsp3) is 0.355. The van der Waals surface area contributed by atoms with Crippen LogP contribution in [0.3, 0.4) is 0 Å². The third kappa shape index (κ3) is 7.69. The monoisotopic (exact) mass is 544 g/mol. The van der Waals surface area contributed by atoms with Crippen LogP contribution in [-0.4, -0.2) is 45.6 Å². The number of carbonyl (C=O) groups excluding carboxylic acids is 2. The van der Waals surface area contributed by atoms with Gasteiger partial charge in [0.1, 0.15) is 11.8 Å². The smallest absolute Gasteiger partial charge is 0.247 e. The Morgan fingerprint density at radius 3 is 2.41 bits per heavy atom. The molecule has 2 atom stereocenters. The molecule has 7 nitrogen and oxygen atoms in total. The van der Waals surface area contributed by atoms with Crippen molar-refractivity contribution < 1.29 is 14.3 Å². The van der Waals surface area contributed by atoms with Crippen LogP contribution in [0.1, 0.15) is 41.8 Å². The number of aryl methyl sites for hydroxylation is 3. The zero-order chi connectivity index (χ0) is 27.8. The van der Waals surface area contributed by atoms with Crippen molar-refractivity contribution in [1.82, 2.24) is 14.9 Å². The van der Waals surface area contributed by atoms with E-state index in [1.807, 2.05) is 75.4 Å². The van der Waals surface area contributed by atoms with Gasteiger partial charge in [-0.25, -0.2) is 9.97 Å². The highest BCUT2D eigenvalue weighted by Crippen LogP contribution is 2.29. The van der Waals surface area contributed by atoms with Gasteiger partial charge in [0.2, 0.25) is 11.8 Å². The standard InChI is InChI=1S/C31H36N4O3S/c1-21-10-8-9-13-25(21)19-35(28(36)20-39-31-32-22(2)18-23(3)33-31)29(24-11-6-5-7-12-24)30(37)34-26-14-16-27(38-4)17-15-26/h5-6,8-10,13-18,24,29H,7,11-12,19-20H2,1-4H3,(H,34,37)/t24-,29+/m0/s1. The molecule has 204 valence electrons. The largest absolute Gasteiger partial charge is 0.497 e. The number of anilines is 1. The van der Waals surface area contributed by atoms with Crippen LogP contribution in [0, 0.1) is 26.7 Å². The lowest BCUT2D eigenvalue weighted by Gasteiger charge is -2.37. The molecule has 0 unspecified atom stereocenters. The highest BCUT2D eigenvalue weighted by atomic mass is 32.2. The van der Waals surface area contributed by atoms with Crippen molar-refractivity contribution in [3.63, 3.8) is 0 Å². The summed E-state index contributed by atoms with van der Waals surface area (Å²) in [6, 6.07) is 16.5. The molecule has 1 aromatic heterocycles. The Labute approximate surface area is 235 Å². The molecule has 2 amide bonds. The number of allylic oxidation sites excluding steroid dienone is 2. The number of amides is 2. The van der Waals surface area contributed by atoms with Gasteiger partial charge in [-0.3, -0.25) is 9.59 Å². The summed E-state index contributed by atoms with van der Waals surface area (Å²) in [6.07, 6.45) is 6.73. The van der Waals surface area contributed by atoms with Crippen LogP contribution in [0.25, 0.3) is 0 Å². The predicted molar refractivity (Wildman–Crippen MR) is 156 cm³/mol. The van der Waals surface area contributed by atoms with Gasteiger partial charge >= 0.3 is 0 Å². The van der Waals surface area contributed by atoms with Crippen molar-refractivity contribution in [3.05, 3.63) is 89.3 Å². The van der Waals surface area contributed by atoms with Crippen LogP contribution in [0.15, 0.2) is 71.9 Å². The number of nitrogens with zero attached hydrogens (tertiary/aromatic N) is 3. The van der Waals surface area contributed by atoms with Gasteiger partial charge in [0.15, 0.2) is 5.16 Å². The molecule has 0 saturated carbocycles. The molecule has 0 aliphatic heterocycles. The Hall–Kier alpha value is -3.65. The number of hydrogen-bond acceptors (Lipinski definition) is 6. The summed E-state index contributed by atoms with van der Waals surface area (Å²) in [7, 11) is 1.61. The molecular formula is C31H36N4O3S. The summed E-state index contributed by atoms with van der Waals surface area (Å²) < 4.78 is 5.26. The molecule has 39 heavy (non-hydrogen) atoms. The number of rotatable bonds is 10. The molecule has 0 fully saturated rings. The Bertz CT molecular complexity index is 1310. The number of aromatic nitrogens is 2. The van der Waals surface area contributed by atoms with E-state index >= 15 is 0 Å². The number of benzene rings is 2. The van der Waals surface area contributed by atoms with Crippen molar-refractivity contribution in [1.29, 1.82) is 0 Å². The Morgan fingerprint density at radius 2 is 1.77 bits per heavy atom. The number of thioether (sulfide) groups is 1. The fourth-order valence-corrected chi connectivity index (χ4v) is 5.72. The highest BCUT2D eigenvalue weighted by molar-refractivity contribution is 7.99. The Morgan fingerprint density at radius 1 is 1.05 bits per heavy atom. The molecule has 2 aromatic carbocycles. The van der Waals surface area contributed by atoms with Gasteiger partial charge in [-0.1, -0.05) is 48.2 Å². The van der Waals surface area contributed by atoms with Crippen molar-refractivity contribution in [2.24, 2.45) is 5.92 Å². The van der Waals surface area contributed by atoms with E-state index in [4.69, 9.17) is 4.74 Å². The predicted octanol–water partition coefficient (Wildman–Crippen LogP) is 5.89. The number of nitrogens with one attached hydrogen (secondary N) is 1. The summed E-state index contributed by atoms with van der Waals surface area (Å²) in [6.45, 7) is 6.22. The Balaban J connectivity index is 1.65. The summed E-state index contributed by atoms with van der Waals surface area (Å²) in [4.78, 5) is 38.7. The van der Waals surface area contributed by atoms with E-state index in [0.29, 0.717) is 23.1 Å². The maximum absolute atomic E-state index is 14.0. The lowest BCUT2D eigenvalue weighted by molar-refractivity contribution is -0.139. The van der Waals surface area contributed by atoms with Crippen LogP contribution >= 0.6 is 11.8 Å². The molecule has 1 aliphatic rings. The summed E-state index contributed by atoms with van der Waals surface area (Å²) in [5, 5.41) is 3.64. The molecule has 0 bridgehead atoms. The van der Waals surface area contributed by atoms with Crippen molar-refractivity contribution in [2.75, 3.05) is 18.2 Å². The van der Waals surface area contributed by atoms with E-state index in [-0.39, 0.29) is 23.5 Å². The molecule has 0 saturated heterocycles. The van der Waals surface area contributed by atoms with E-state index in [1.165, 1.54) is 11.8 Å². The number of hydrogen-bond donors (Lipinski definition) is 1.